The summed E-state index contributed by atoms with van der Waals surface area (Å²) in [5.74, 6) is 0.975. The van der Waals surface area contributed by atoms with Crippen LogP contribution >= 0.6 is 34.4 Å². The molecule has 7 heteroatoms. The largest absolute Gasteiger partial charge is 0.490 e. The van der Waals surface area contributed by atoms with Crippen LogP contribution in [0.1, 0.15) is 29.2 Å². The van der Waals surface area contributed by atoms with Crippen molar-refractivity contribution in [2.75, 3.05) is 6.61 Å². The normalized spacial score (nSPS) is 14.5. The highest BCUT2D eigenvalue weighted by atomic mass is 127. The van der Waals surface area contributed by atoms with Crippen LogP contribution in [-0.4, -0.2) is 22.7 Å². The Labute approximate surface area is 240 Å². The molecular formula is C31H26INO4S. The SMILES string of the molecule is CCOc1cc(/C=C2/SC(=O)N(Cc3cccc4ccccc34)C2=O)cc(I)c1OCc1ccc(C)cc1. The molecule has 0 N–H and O–H groups in total. The van der Waals surface area contributed by atoms with Crippen molar-refractivity contribution in [3.05, 3.63) is 110 Å². The van der Waals surface area contributed by atoms with Gasteiger partial charge in [0.05, 0.1) is 21.6 Å². The van der Waals surface area contributed by atoms with E-state index in [2.05, 4.69) is 41.6 Å². The number of carbonyl (C=O) groups is 2. The fourth-order valence-electron chi connectivity index (χ4n) is 4.30. The van der Waals surface area contributed by atoms with Crippen molar-refractivity contribution < 1.29 is 19.1 Å². The fourth-order valence-corrected chi connectivity index (χ4v) is 5.92. The zero-order valence-corrected chi connectivity index (χ0v) is 24.0. The quantitative estimate of drug-likeness (QED) is 0.145. The van der Waals surface area contributed by atoms with E-state index in [0.29, 0.717) is 29.6 Å². The summed E-state index contributed by atoms with van der Waals surface area (Å²) >= 11 is 3.18. The van der Waals surface area contributed by atoms with Gasteiger partial charge in [0.15, 0.2) is 11.5 Å². The maximum absolute atomic E-state index is 13.3. The number of hydrogen-bond donors (Lipinski definition) is 0. The van der Waals surface area contributed by atoms with Crippen molar-refractivity contribution in [3.63, 3.8) is 0 Å². The first-order valence-corrected chi connectivity index (χ1v) is 14.2. The first-order valence-electron chi connectivity index (χ1n) is 12.3. The molecule has 0 aromatic heterocycles. The minimum absolute atomic E-state index is 0.233. The summed E-state index contributed by atoms with van der Waals surface area (Å²) in [6, 6.07) is 25.9. The molecule has 5 nitrogen and oxygen atoms in total. The van der Waals surface area contributed by atoms with Crippen LogP contribution in [0.5, 0.6) is 11.5 Å². The third-order valence-corrected chi connectivity index (χ3v) is 7.92. The van der Waals surface area contributed by atoms with Crippen LogP contribution in [0, 0.1) is 10.5 Å². The average molecular weight is 636 g/mol. The number of amides is 2. The molecule has 0 atom stereocenters. The third-order valence-electron chi connectivity index (χ3n) is 6.22. The van der Waals surface area contributed by atoms with E-state index in [1.165, 1.54) is 10.5 Å². The molecule has 0 unspecified atom stereocenters. The Hall–Kier alpha value is -3.30. The maximum Gasteiger partial charge on any atom is 0.293 e. The first-order chi connectivity index (χ1) is 18.4. The monoisotopic (exact) mass is 635 g/mol. The molecule has 1 aliphatic heterocycles. The molecule has 0 radical (unpaired) electrons. The molecule has 1 aliphatic rings. The van der Waals surface area contributed by atoms with Crippen LogP contribution < -0.4 is 9.47 Å². The number of fused-ring (bicyclic) bond motifs is 1. The van der Waals surface area contributed by atoms with Gasteiger partial charge in [0.1, 0.15) is 6.61 Å². The highest BCUT2D eigenvalue weighted by Crippen LogP contribution is 2.38. The van der Waals surface area contributed by atoms with Gasteiger partial charge in [0.2, 0.25) is 0 Å². The van der Waals surface area contributed by atoms with E-state index < -0.39 is 0 Å². The second kappa shape index (κ2) is 11.6. The van der Waals surface area contributed by atoms with E-state index in [4.69, 9.17) is 9.47 Å². The van der Waals surface area contributed by atoms with Gasteiger partial charge < -0.3 is 9.47 Å². The summed E-state index contributed by atoms with van der Waals surface area (Å²) in [6.45, 7) is 5.10. The number of aryl methyl sites for hydroxylation is 1. The predicted molar refractivity (Wildman–Crippen MR) is 161 cm³/mol. The van der Waals surface area contributed by atoms with Crippen molar-refractivity contribution in [1.29, 1.82) is 0 Å². The van der Waals surface area contributed by atoms with E-state index in [1.807, 2.05) is 73.7 Å². The van der Waals surface area contributed by atoms with Gasteiger partial charge >= 0.3 is 0 Å². The fraction of sp³-hybridized carbons (Fsp3) is 0.161. The van der Waals surface area contributed by atoms with E-state index in [1.54, 1.807) is 6.08 Å². The molecule has 1 fully saturated rings. The predicted octanol–water partition coefficient (Wildman–Crippen LogP) is 7.97. The zero-order chi connectivity index (χ0) is 26.6. The maximum atomic E-state index is 13.3. The summed E-state index contributed by atoms with van der Waals surface area (Å²) in [4.78, 5) is 27.8. The molecule has 1 saturated heterocycles. The van der Waals surface area contributed by atoms with Crippen molar-refractivity contribution in [2.45, 2.75) is 27.0 Å². The van der Waals surface area contributed by atoms with Crippen LogP contribution in [0.15, 0.2) is 83.8 Å². The number of imide groups is 1. The third kappa shape index (κ3) is 5.73. The standard InChI is InChI=1S/C31H26INO4S/c1-3-36-27-16-22(15-26(32)29(27)37-19-21-13-11-20(2)12-14-21)17-28-30(34)33(31(35)38-28)18-24-9-6-8-23-7-4-5-10-25(23)24/h4-17H,3,18-19H2,1-2H3/b28-17+. The Bertz CT molecular complexity index is 1540. The Morgan fingerprint density at radius 3 is 2.50 bits per heavy atom. The number of thioether (sulfide) groups is 1. The minimum atomic E-state index is -0.291. The average Bonchev–Trinajstić information content (AvgIpc) is 3.17. The molecule has 0 saturated carbocycles. The van der Waals surface area contributed by atoms with E-state index in [0.717, 1.165) is 42.8 Å². The number of hydrogen-bond acceptors (Lipinski definition) is 5. The van der Waals surface area contributed by atoms with Gasteiger partial charge in [0.25, 0.3) is 11.1 Å². The van der Waals surface area contributed by atoms with Crippen molar-refractivity contribution in [3.8, 4) is 11.5 Å². The summed E-state index contributed by atoms with van der Waals surface area (Å²) in [5, 5.41) is 1.84. The summed E-state index contributed by atoms with van der Waals surface area (Å²) in [6.07, 6.45) is 1.75. The van der Waals surface area contributed by atoms with Crippen molar-refractivity contribution >= 4 is 62.3 Å². The van der Waals surface area contributed by atoms with Gasteiger partial charge in [-0.25, -0.2) is 0 Å². The van der Waals surface area contributed by atoms with Crippen LogP contribution in [0.3, 0.4) is 0 Å². The number of nitrogens with zero attached hydrogens (tertiary/aromatic N) is 1. The summed E-state index contributed by atoms with van der Waals surface area (Å²) < 4.78 is 12.9. The lowest BCUT2D eigenvalue weighted by atomic mass is 10.0. The van der Waals surface area contributed by atoms with Crippen LogP contribution in [0.25, 0.3) is 16.8 Å². The van der Waals surface area contributed by atoms with Gasteiger partial charge in [-0.3, -0.25) is 14.5 Å². The highest BCUT2D eigenvalue weighted by Gasteiger charge is 2.35. The molecule has 2 amide bonds. The van der Waals surface area contributed by atoms with E-state index in [9.17, 15) is 9.59 Å². The van der Waals surface area contributed by atoms with Crippen LogP contribution in [0.2, 0.25) is 0 Å². The number of ether oxygens (including phenoxy) is 2. The summed E-state index contributed by atoms with van der Waals surface area (Å²) in [7, 11) is 0. The van der Waals surface area contributed by atoms with E-state index >= 15 is 0 Å². The number of carbonyl (C=O) groups excluding carboxylic acids is 2. The van der Waals surface area contributed by atoms with Gasteiger partial charge in [-0.2, -0.15) is 0 Å². The molecule has 0 aliphatic carbocycles. The van der Waals surface area contributed by atoms with Crippen molar-refractivity contribution in [2.24, 2.45) is 0 Å². The molecular weight excluding hydrogens is 609 g/mol. The van der Waals surface area contributed by atoms with Gasteiger partial charge in [-0.1, -0.05) is 72.3 Å². The molecule has 192 valence electrons. The van der Waals surface area contributed by atoms with Crippen molar-refractivity contribution in [1.82, 2.24) is 4.90 Å². The Morgan fingerprint density at radius 1 is 0.947 bits per heavy atom. The van der Waals surface area contributed by atoms with Gasteiger partial charge in [0, 0.05) is 0 Å². The van der Waals surface area contributed by atoms with Gasteiger partial charge in [-0.15, -0.1) is 0 Å². The Morgan fingerprint density at radius 2 is 1.71 bits per heavy atom. The van der Waals surface area contributed by atoms with E-state index in [-0.39, 0.29) is 17.7 Å². The number of benzene rings is 4. The second-order valence-corrected chi connectivity index (χ2v) is 11.1. The topological polar surface area (TPSA) is 55.8 Å². The highest BCUT2D eigenvalue weighted by molar-refractivity contribution is 14.1. The van der Waals surface area contributed by atoms with Crippen LogP contribution in [0.4, 0.5) is 4.79 Å². The molecule has 0 spiro atoms. The first kappa shape index (κ1) is 26.3. The number of halogens is 1. The number of rotatable bonds is 8. The second-order valence-electron chi connectivity index (χ2n) is 8.94. The molecule has 38 heavy (non-hydrogen) atoms. The van der Waals surface area contributed by atoms with Gasteiger partial charge in [-0.05, 0) is 93.9 Å². The Kier molecular flexibility index (Phi) is 8.04. The lowest BCUT2D eigenvalue weighted by molar-refractivity contribution is -0.123. The molecule has 0 bridgehead atoms. The zero-order valence-electron chi connectivity index (χ0n) is 21.1. The molecule has 5 rings (SSSR count). The lowest BCUT2D eigenvalue weighted by Crippen LogP contribution is -2.27. The molecule has 1 heterocycles. The molecule has 4 aromatic rings. The lowest BCUT2D eigenvalue weighted by Gasteiger charge is -2.15. The summed E-state index contributed by atoms with van der Waals surface area (Å²) in [5.41, 5.74) is 3.98. The molecule has 4 aromatic carbocycles. The minimum Gasteiger partial charge on any atom is -0.490 e. The Balaban J connectivity index is 1.38. The van der Waals surface area contributed by atoms with Crippen LogP contribution in [-0.2, 0) is 17.9 Å². The smallest absolute Gasteiger partial charge is 0.293 e.